The lowest BCUT2D eigenvalue weighted by atomic mass is 9.68. The first-order valence-corrected chi connectivity index (χ1v) is 9.09. The molecule has 1 heterocycles. The second-order valence-corrected chi connectivity index (χ2v) is 6.94. The molecule has 0 bridgehead atoms. The molecule has 1 aromatic heterocycles. The molecular formula is C23H16F2N2O3. The molecule has 1 atom stereocenters. The van der Waals surface area contributed by atoms with E-state index in [0.29, 0.717) is 16.8 Å². The molecule has 7 heteroatoms. The molecule has 0 aliphatic heterocycles. The Hall–Kier alpha value is -3.87. The Balaban J connectivity index is 1.99. The fourth-order valence-corrected chi connectivity index (χ4v) is 3.86. The number of aromatic nitrogens is 2. The lowest BCUT2D eigenvalue weighted by molar-refractivity contribution is 0.0689. The first kappa shape index (κ1) is 19.4. The van der Waals surface area contributed by atoms with Gasteiger partial charge in [0, 0.05) is 17.4 Å². The zero-order valence-electron chi connectivity index (χ0n) is 15.7. The lowest BCUT2D eigenvalue weighted by Gasteiger charge is -2.35. The Kier molecular flexibility index (Phi) is 4.66. The molecule has 2 aromatic carbocycles. The van der Waals surface area contributed by atoms with Gasteiger partial charge in [-0.25, -0.2) is 13.6 Å². The minimum atomic E-state index is -1.27. The molecule has 0 amide bonds. The van der Waals surface area contributed by atoms with Crippen molar-refractivity contribution in [1.82, 2.24) is 9.78 Å². The van der Waals surface area contributed by atoms with Crippen LogP contribution in [0.5, 0.6) is 0 Å². The van der Waals surface area contributed by atoms with Crippen LogP contribution in [0, 0.1) is 11.6 Å². The summed E-state index contributed by atoms with van der Waals surface area (Å²) >= 11 is 0. The summed E-state index contributed by atoms with van der Waals surface area (Å²) < 4.78 is 28.7. The molecule has 0 radical (unpaired) electrons. The van der Waals surface area contributed by atoms with E-state index in [1.807, 2.05) is 30.3 Å². The number of carbonyl (C=O) groups excluding carboxylic acids is 1. The number of nitrogens with zero attached hydrogens (tertiary/aromatic N) is 2. The zero-order chi connectivity index (χ0) is 21.5. The maximum absolute atomic E-state index is 14.1. The fourth-order valence-electron chi connectivity index (χ4n) is 3.86. The highest BCUT2D eigenvalue weighted by Gasteiger charge is 2.39. The highest BCUT2D eigenvalue weighted by molar-refractivity contribution is 5.95. The summed E-state index contributed by atoms with van der Waals surface area (Å²) in [6.07, 6.45) is 4.47. The number of halogens is 2. The molecule has 0 saturated heterocycles. The standard InChI is InChI=1S/C23H16F2N2O3/c1-2-20(28)27-19-13-23(14-6-4-3-5-7-14,15-8-9-17(24)18(25)12-15)11-10-16(19)21(26-27)22(29)30/h2-12H,1,13H2,(H,29,30). The predicted molar refractivity (Wildman–Crippen MR) is 106 cm³/mol. The SMILES string of the molecule is C=CC(=O)n1nc(C(=O)O)c2c1CC(c1ccccc1)(c1ccc(F)c(F)c1)C=C2. The van der Waals surface area contributed by atoms with Gasteiger partial charge in [-0.3, -0.25) is 4.79 Å². The monoisotopic (exact) mass is 406 g/mol. The first-order chi connectivity index (χ1) is 14.4. The van der Waals surface area contributed by atoms with Gasteiger partial charge in [0.15, 0.2) is 17.3 Å². The van der Waals surface area contributed by atoms with E-state index in [1.165, 1.54) is 6.07 Å². The van der Waals surface area contributed by atoms with E-state index < -0.39 is 28.9 Å². The van der Waals surface area contributed by atoms with Gasteiger partial charge < -0.3 is 5.11 Å². The number of fused-ring (bicyclic) bond motifs is 1. The Morgan fingerprint density at radius 3 is 2.47 bits per heavy atom. The van der Waals surface area contributed by atoms with Crippen LogP contribution in [0.1, 0.15) is 37.7 Å². The van der Waals surface area contributed by atoms with Crippen molar-refractivity contribution in [1.29, 1.82) is 0 Å². The van der Waals surface area contributed by atoms with E-state index in [1.54, 1.807) is 12.2 Å². The molecule has 4 rings (SSSR count). The number of carboxylic acid groups (broad SMARTS) is 1. The van der Waals surface area contributed by atoms with Crippen LogP contribution in [0.15, 0.2) is 67.3 Å². The Labute approximate surface area is 170 Å². The minimum absolute atomic E-state index is 0.119. The number of allylic oxidation sites excluding steroid dienone is 2. The van der Waals surface area contributed by atoms with Crippen molar-refractivity contribution < 1.29 is 23.5 Å². The van der Waals surface area contributed by atoms with Gasteiger partial charge in [-0.05, 0) is 29.3 Å². The zero-order valence-corrected chi connectivity index (χ0v) is 15.7. The number of carbonyl (C=O) groups is 2. The lowest BCUT2D eigenvalue weighted by Crippen LogP contribution is -2.32. The van der Waals surface area contributed by atoms with Crippen molar-refractivity contribution in [2.75, 3.05) is 0 Å². The smallest absolute Gasteiger partial charge is 0.357 e. The summed E-state index contributed by atoms with van der Waals surface area (Å²) in [5.74, 6) is -3.82. The molecule has 150 valence electrons. The van der Waals surface area contributed by atoms with Crippen molar-refractivity contribution in [3.63, 3.8) is 0 Å². The highest BCUT2D eigenvalue weighted by atomic mass is 19.2. The average molecular weight is 406 g/mol. The molecule has 30 heavy (non-hydrogen) atoms. The van der Waals surface area contributed by atoms with Crippen molar-refractivity contribution in [3.8, 4) is 0 Å². The number of benzene rings is 2. The van der Waals surface area contributed by atoms with Gasteiger partial charge in [0.1, 0.15) is 0 Å². The van der Waals surface area contributed by atoms with E-state index in [4.69, 9.17) is 0 Å². The molecule has 3 aromatic rings. The van der Waals surface area contributed by atoms with Crippen LogP contribution in [0.3, 0.4) is 0 Å². The number of aromatic carboxylic acids is 1. The Morgan fingerprint density at radius 2 is 1.83 bits per heavy atom. The third-order valence-corrected chi connectivity index (χ3v) is 5.31. The van der Waals surface area contributed by atoms with Crippen LogP contribution in [0.4, 0.5) is 8.78 Å². The maximum atomic E-state index is 14.1. The Morgan fingerprint density at radius 1 is 1.10 bits per heavy atom. The number of rotatable bonds is 4. The van der Waals surface area contributed by atoms with Crippen LogP contribution in [0.25, 0.3) is 6.08 Å². The third-order valence-electron chi connectivity index (χ3n) is 5.31. The highest BCUT2D eigenvalue weighted by Crippen LogP contribution is 2.42. The molecule has 1 aliphatic carbocycles. The predicted octanol–water partition coefficient (Wildman–Crippen LogP) is 4.24. The second kappa shape index (κ2) is 7.18. The summed E-state index contributed by atoms with van der Waals surface area (Å²) in [6, 6.07) is 12.8. The van der Waals surface area contributed by atoms with E-state index in [2.05, 4.69) is 11.7 Å². The van der Waals surface area contributed by atoms with Crippen molar-refractivity contribution >= 4 is 18.0 Å². The van der Waals surface area contributed by atoms with Crippen LogP contribution in [-0.4, -0.2) is 26.8 Å². The molecule has 1 aliphatic rings. The van der Waals surface area contributed by atoms with Gasteiger partial charge in [-0.1, -0.05) is 55.1 Å². The van der Waals surface area contributed by atoms with Gasteiger partial charge >= 0.3 is 5.97 Å². The molecule has 0 spiro atoms. The third kappa shape index (κ3) is 2.95. The van der Waals surface area contributed by atoms with Crippen LogP contribution < -0.4 is 0 Å². The molecular weight excluding hydrogens is 390 g/mol. The number of carboxylic acids is 1. The van der Waals surface area contributed by atoms with Crippen LogP contribution >= 0.6 is 0 Å². The average Bonchev–Trinajstić information content (AvgIpc) is 3.14. The summed E-state index contributed by atoms with van der Waals surface area (Å²) in [5.41, 5.74) is 0.667. The van der Waals surface area contributed by atoms with Crippen molar-refractivity contribution in [2.24, 2.45) is 0 Å². The molecule has 0 saturated carbocycles. The van der Waals surface area contributed by atoms with Gasteiger partial charge in [0.2, 0.25) is 0 Å². The molecule has 5 nitrogen and oxygen atoms in total. The number of hydrogen-bond acceptors (Lipinski definition) is 3. The molecule has 0 fully saturated rings. The maximum Gasteiger partial charge on any atom is 0.357 e. The summed E-state index contributed by atoms with van der Waals surface area (Å²) in [4.78, 5) is 24.0. The van der Waals surface area contributed by atoms with Gasteiger partial charge in [-0.15, -0.1) is 0 Å². The summed E-state index contributed by atoms with van der Waals surface area (Å²) in [7, 11) is 0. The molecule has 1 N–H and O–H groups in total. The topological polar surface area (TPSA) is 72.2 Å². The van der Waals surface area contributed by atoms with Crippen molar-refractivity contribution in [2.45, 2.75) is 11.8 Å². The van der Waals surface area contributed by atoms with E-state index in [-0.39, 0.29) is 12.1 Å². The van der Waals surface area contributed by atoms with Crippen LogP contribution in [0.2, 0.25) is 0 Å². The van der Waals surface area contributed by atoms with E-state index in [0.717, 1.165) is 28.5 Å². The van der Waals surface area contributed by atoms with Crippen LogP contribution in [-0.2, 0) is 11.8 Å². The quantitative estimate of drug-likeness (QED) is 0.658. The van der Waals surface area contributed by atoms with Gasteiger partial charge in [0.05, 0.1) is 5.69 Å². The van der Waals surface area contributed by atoms with Gasteiger partial charge in [0.25, 0.3) is 5.91 Å². The van der Waals surface area contributed by atoms with E-state index >= 15 is 0 Å². The number of hydrogen-bond donors (Lipinski definition) is 1. The summed E-state index contributed by atoms with van der Waals surface area (Å²) in [6.45, 7) is 3.45. The fraction of sp³-hybridized carbons (Fsp3) is 0.0870. The largest absolute Gasteiger partial charge is 0.476 e. The summed E-state index contributed by atoms with van der Waals surface area (Å²) in [5, 5.41) is 13.5. The van der Waals surface area contributed by atoms with Crippen molar-refractivity contribution in [3.05, 3.63) is 107 Å². The van der Waals surface area contributed by atoms with E-state index in [9.17, 15) is 23.5 Å². The second-order valence-electron chi connectivity index (χ2n) is 6.94. The Bertz CT molecular complexity index is 1210. The molecule has 1 unspecified atom stereocenters. The normalized spacial score (nSPS) is 17.4. The first-order valence-electron chi connectivity index (χ1n) is 9.09. The minimum Gasteiger partial charge on any atom is -0.476 e. The van der Waals surface area contributed by atoms with Gasteiger partial charge in [-0.2, -0.15) is 9.78 Å².